The van der Waals surface area contributed by atoms with Crippen molar-refractivity contribution in [2.75, 3.05) is 17.7 Å². The summed E-state index contributed by atoms with van der Waals surface area (Å²) >= 11 is 0. The molecular formula is C28H30N2O3. The molecule has 2 aromatic carbocycles. The van der Waals surface area contributed by atoms with Gasteiger partial charge in [0, 0.05) is 6.42 Å². The highest BCUT2D eigenvalue weighted by Crippen LogP contribution is 2.23. The molecule has 2 aromatic rings. The summed E-state index contributed by atoms with van der Waals surface area (Å²) in [7, 11) is 1.61. The summed E-state index contributed by atoms with van der Waals surface area (Å²) in [6.07, 6.45) is 14.6. The highest BCUT2D eigenvalue weighted by atomic mass is 16.5. The molecule has 33 heavy (non-hydrogen) atoms. The zero-order valence-electron chi connectivity index (χ0n) is 19.1. The van der Waals surface area contributed by atoms with Gasteiger partial charge in [0.05, 0.1) is 24.9 Å². The number of benzene rings is 2. The van der Waals surface area contributed by atoms with E-state index < -0.39 is 0 Å². The molecule has 1 aliphatic rings. The Morgan fingerprint density at radius 3 is 2.09 bits per heavy atom. The van der Waals surface area contributed by atoms with Gasteiger partial charge >= 0.3 is 0 Å². The van der Waals surface area contributed by atoms with Crippen molar-refractivity contribution in [1.82, 2.24) is 0 Å². The van der Waals surface area contributed by atoms with E-state index >= 15 is 0 Å². The molecular weight excluding hydrogens is 412 g/mol. The van der Waals surface area contributed by atoms with E-state index in [1.54, 1.807) is 19.2 Å². The molecule has 0 radical (unpaired) electrons. The first-order chi connectivity index (χ1) is 16.1. The van der Waals surface area contributed by atoms with E-state index in [0.29, 0.717) is 11.4 Å². The van der Waals surface area contributed by atoms with Gasteiger partial charge in [0.2, 0.25) is 11.8 Å². The van der Waals surface area contributed by atoms with Crippen LogP contribution in [0.4, 0.5) is 11.4 Å². The predicted molar refractivity (Wildman–Crippen MR) is 134 cm³/mol. The summed E-state index contributed by atoms with van der Waals surface area (Å²) in [6.45, 7) is 2.11. The highest BCUT2D eigenvalue weighted by Gasteiger charge is 2.10. The number of hydrogen-bond donors (Lipinski definition) is 2. The maximum Gasteiger partial charge on any atom is 0.228 e. The standard InChI is InChI=1S/C28H30N2O3/c1-3-8-21-9-4-5-10-22(19-21)15-18-27(31)29-25-11-6-7-12-26(25)30-28(32)20-23-13-16-24(33-2)17-14-23/h4-17H,3,18-20H2,1-2H3,(H,29,31)(H,30,32)/b21-8-,22-15-. The van der Waals surface area contributed by atoms with Crippen molar-refractivity contribution in [1.29, 1.82) is 0 Å². The lowest BCUT2D eigenvalue weighted by molar-refractivity contribution is -0.116. The summed E-state index contributed by atoms with van der Waals surface area (Å²) in [5.41, 5.74) is 4.39. The maximum absolute atomic E-state index is 12.6. The second-order valence-electron chi connectivity index (χ2n) is 7.73. The lowest BCUT2D eigenvalue weighted by atomic mass is 10.0. The third-order valence-corrected chi connectivity index (χ3v) is 5.15. The van der Waals surface area contributed by atoms with Crippen molar-refractivity contribution >= 4 is 23.2 Å². The van der Waals surface area contributed by atoms with Gasteiger partial charge in [-0.05, 0) is 53.8 Å². The molecule has 5 heteroatoms. The quantitative estimate of drug-likeness (QED) is 0.528. The molecule has 0 heterocycles. The number of carbonyl (C=O) groups is 2. The Bertz CT molecular complexity index is 1090. The second kappa shape index (κ2) is 12.2. The van der Waals surface area contributed by atoms with Gasteiger partial charge in [-0.2, -0.15) is 0 Å². The Balaban J connectivity index is 1.59. The van der Waals surface area contributed by atoms with Gasteiger partial charge in [0.25, 0.3) is 0 Å². The molecule has 1 aliphatic carbocycles. The van der Waals surface area contributed by atoms with Gasteiger partial charge in [0.1, 0.15) is 5.75 Å². The number of rotatable bonds is 8. The molecule has 0 atom stereocenters. The Kier molecular flexibility index (Phi) is 8.83. The smallest absolute Gasteiger partial charge is 0.228 e. The van der Waals surface area contributed by atoms with E-state index in [9.17, 15) is 9.59 Å². The third-order valence-electron chi connectivity index (χ3n) is 5.15. The monoisotopic (exact) mass is 442 g/mol. The molecule has 0 saturated heterocycles. The van der Waals surface area contributed by atoms with Crippen molar-refractivity contribution in [2.24, 2.45) is 0 Å². The summed E-state index contributed by atoms with van der Waals surface area (Å²) in [6, 6.07) is 14.6. The Hall–Kier alpha value is -3.86. The zero-order valence-corrected chi connectivity index (χ0v) is 19.1. The van der Waals surface area contributed by atoms with Crippen molar-refractivity contribution in [3.05, 3.63) is 102 Å². The lowest BCUT2D eigenvalue weighted by Gasteiger charge is -2.12. The average molecular weight is 443 g/mol. The van der Waals surface area contributed by atoms with Gasteiger partial charge in [0.15, 0.2) is 0 Å². The number of methoxy groups -OCH3 is 1. The second-order valence-corrected chi connectivity index (χ2v) is 7.73. The van der Waals surface area contributed by atoms with Crippen LogP contribution in [0.25, 0.3) is 0 Å². The van der Waals surface area contributed by atoms with Crippen LogP contribution in [0.3, 0.4) is 0 Å². The fourth-order valence-electron chi connectivity index (χ4n) is 3.50. The van der Waals surface area contributed by atoms with E-state index in [-0.39, 0.29) is 24.7 Å². The highest BCUT2D eigenvalue weighted by molar-refractivity contribution is 6.00. The largest absolute Gasteiger partial charge is 0.497 e. The molecule has 0 aromatic heterocycles. The number of nitrogens with one attached hydrogen (secondary N) is 2. The van der Waals surface area contributed by atoms with Gasteiger partial charge in [-0.15, -0.1) is 0 Å². The molecule has 170 valence electrons. The number of ether oxygens (including phenoxy) is 1. The summed E-state index contributed by atoms with van der Waals surface area (Å²) in [5.74, 6) is 0.455. The van der Waals surface area contributed by atoms with Crippen LogP contribution in [0.1, 0.15) is 31.7 Å². The number of amides is 2. The molecule has 0 fully saturated rings. The molecule has 0 unspecified atom stereocenters. The molecule has 5 nitrogen and oxygen atoms in total. The van der Waals surface area contributed by atoms with E-state index in [2.05, 4.69) is 29.7 Å². The van der Waals surface area contributed by atoms with Crippen LogP contribution in [0.2, 0.25) is 0 Å². The Labute approximate surface area is 195 Å². The van der Waals surface area contributed by atoms with Crippen LogP contribution in [-0.2, 0) is 16.0 Å². The van der Waals surface area contributed by atoms with Crippen molar-refractivity contribution < 1.29 is 14.3 Å². The topological polar surface area (TPSA) is 67.4 Å². The molecule has 2 amide bonds. The van der Waals surface area contributed by atoms with E-state index in [1.807, 2.05) is 60.7 Å². The van der Waals surface area contributed by atoms with E-state index in [4.69, 9.17) is 4.74 Å². The van der Waals surface area contributed by atoms with Crippen LogP contribution in [-0.4, -0.2) is 18.9 Å². The minimum absolute atomic E-state index is 0.133. The first-order valence-corrected chi connectivity index (χ1v) is 11.1. The number of allylic oxidation sites excluding steroid dienone is 7. The van der Waals surface area contributed by atoms with Gasteiger partial charge in [-0.25, -0.2) is 0 Å². The fraction of sp³-hybridized carbons (Fsp3) is 0.214. The van der Waals surface area contributed by atoms with Gasteiger partial charge in [-0.3, -0.25) is 9.59 Å². The Morgan fingerprint density at radius 1 is 0.879 bits per heavy atom. The molecule has 0 bridgehead atoms. The Morgan fingerprint density at radius 2 is 1.48 bits per heavy atom. The number of anilines is 2. The molecule has 0 spiro atoms. The third kappa shape index (κ3) is 7.65. The maximum atomic E-state index is 12.6. The van der Waals surface area contributed by atoms with Crippen LogP contribution >= 0.6 is 0 Å². The summed E-state index contributed by atoms with van der Waals surface area (Å²) < 4.78 is 5.15. The van der Waals surface area contributed by atoms with Crippen molar-refractivity contribution in [3.63, 3.8) is 0 Å². The SMILES string of the molecule is CC/C=C1/C=CC=C/C(=C/CC(=O)Nc2ccccc2NC(=O)Cc2ccc(OC)cc2)C1. The van der Waals surface area contributed by atoms with Crippen LogP contribution in [0.15, 0.2) is 96.1 Å². The van der Waals surface area contributed by atoms with Crippen LogP contribution in [0.5, 0.6) is 5.75 Å². The number of hydrogen-bond acceptors (Lipinski definition) is 3. The summed E-state index contributed by atoms with van der Waals surface area (Å²) in [5, 5.41) is 5.82. The minimum atomic E-state index is -0.157. The lowest BCUT2D eigenvalue weighted by Crippen LogP contribution is -2.17. The first-order valence-electron chi connectivity index (χ1n) is 11.1. The van der Waals surface area contributed by atoms with Gasteiger partial charge < -0.3 is 15.4 Å². The zero-order chi connectivity index (χ0) is 23.5. The summed E-state index contributed by atoms with van der Waals surface area (Å²) in [4.78, 5) is 25.1. The minimum Gasteiger partial charge on any atom is -0.497 e. The predicted octanol–water partition coefficient (Wildman–Crippen LogP) is 5.98. The normalized spacial score (nSPS) is 15.3. The fourth-order valence-corrected chi connectivity index (χ4v) is 3.50. The van der Waals surface area contributed by atoms with Crippen LogP contribution < -0.4 is 15.4 Å². The molecule has 0 aliphatic heterocycles. The van der Waals surface area contributed by atoms with Crippen molar-refractivity contribution in [3.8, 4) is 5.75 Å². The first kappa shape index (κ1) is 23.8. The molecule has 0 saturated carbocycles. The van der Waals surface area contributed by atoms with Crippen LogP contribution in [0, 0.1) is 0 Å². The number of para-hydroxylation sites is 2. The van der Waals surface area contributed by atoms with Crippen molar-refractivity contribution in [2.45, 2.75) is 32.6 Å². The molecule has 2 N–H and O–H groups in total. The van der Waals surface area contributed by atoms with E-state index in [0.717, 1.165) is 29.7 Å². The average Bonchev–Trinajstić information content (AvgIpc) is 3.05. The van der Waals surface area contributed by atoms with Gasteiger partial charge in [-0.1, -0.05) is 67.6 Å². The van der Waals surface area contributed by atoms with E-state index in [1.165, 1.54) is 5.57 Å². The molecule has 3 rings (SSSR count). The number of carbonyl (C=O) groups excluding carboxylic acids is 2.